The lowest BCUT2D eigenvalue weighted by atomic mass is 9.97. The van der Waals surface area contributed by atoms with Crippen LogP contribution in [-0.2, 0) is 9.53 Å². The highest BCUT2D eigenvalue weighted by Gasteiger charge is 2.32. The lowest BCUT2D eigenvalue weighted by Crippen LogP contribution is -2.42. The van der Waals surface area contributed by atoms with Crippen LogP contribution in [0, 0.1) is 5.92 Å². The highest BCUT2D eigenvalue weighted by molar-refractivity contribution is 6.06. The van der Waals surface area contributed by atoms with Gasteiger partial charge in [-0.15, -0.1) is 0 Å². The number of carbonyl (C=O) groups excluding carboxylic acids is 1. The Morgan fingerprint density at radius 2 is 1.85 bits per heavy atom. The zero-order valence-corrected chi connectivity index (χ0v) is 16.6. The number of methoxy groups -OCH3 is 1. The molecule has 2 aromatic rings. The Labute approximate surface area is 156 Å². The number of unbranched alkanes of at least 4 members (excludes halogenated alkanes) is 1. The van der Waals surface area contributed by atoms with Gasteiger partial charge >= 0.3 is 0 Å². The quantitative estimate of drug-likeness (QED) is 0.653. The number of carbonyl (C=O) groups is 1. The summed E-state index contributed by atoms with van der Waals surface area (Å²) in [7, 11) is 1.59. The van der Waals surface area contributed by atoms with Crippen molar-refractivity contribution in [2.75, 3.05) is 19.0 Å². The van der Waals surface area contributed by atoms with Crippen LogP contribution in [0.5, 0.6) is 5.75 Å². The summed E-state index contributed by atoms with van der Waals surface area (Å²) in [5.41, 5.74) is -0.0496. The Balaban J connectivity index is 2.30. The van der Waals surface area contributed by atoms with Crippen molar-refractivity contribution in [3.05, 3.63) is 36.4 Å². The fourth-order valence-corrected chi connectivity index (χ4v) is 2.84. The number of fused-ring (bicyclic) bond motifs is 1. The molecule has 0 aromatic heterocycles. The standard InChI is InChI=1S/C22H31NO3/c1-6-7-14-22(4,25-5)21(24)23-19-12-13-20(26-15-16(2)3)18-11-9-8-10-17(18)19/h8-13,16H,6-7,14-15H2,1-5H3,(H,23,24)/t22-/m1/s1. The summed E-state index contributed by atoms with van der Waals surface area (Å²) in [5, 5.41) is 5.03. The van der Waals surface area contributed by atoms with Gasteiger partial charge in [0.25, 0.3) is 5.91 Å². The van der Waals surface area contributed by atoms with E-state index in [-0.39, 0.29) is 5.91 Å². The van der Waals surface area contributed by atoms with Crippen molar-refractivity contribution in [3.8, 4) is 5.75 Å². The molecule has 1 N–H and O–H groups in total. The summed E-state index contributed by atoms with van der Waals surface area (Å²) in [6, 6.07) is 11.8. The molecule has 0 aliphatic carbocycles. The maximum absolute atomic E-state index is 12.8. The monoisotopic (exact) mass is 357 g/mol. The third kappa shape index (κ3) is 4.76. The van der Waals surface area contributed by atoms with Crippen molar-refractivity contribution in [2.45, 2.75) is 52.6 Å². The van der Waals surface area contributed by atoms with E-state index in [4.69, 9.17) is 9.47 Å². The van der Waals surface area contributed by atoms with Gasteiger partial charge in [0.15, 0.2) is 0 Å². The van der Waals surface area contributed by atoms with Gasteiger partial charge < -0.3 is 14.8 Å². The summed E-state index contributed by atoms with van der Waals surface area (Å²) < 4.78 is 11.5. The van der Waals surface area contributed by atoms with Gasteiger partial charge in [0.2, 0.25) is 0 Å². The molecule has 0 saturated heterocycles. The van der Waals surface area contributed by atoms with Gasteiger partial charge in [-0.1, -0.05) is 57.9 Å². The van der Waals surface area contributed by atoms with E-state index < -0.39 is 5.60 Å². The number of ether oxygens (including phenoxy) is 2. The average molecular weight is 357 g/mol. The van der Waals surface area contributed by atoms with Crippen LogP contribution in [0.25, 0.3) is 10.8 Å². The fourth-order valence-electron chi connectivity index (χ4n) is 2.84. The van der Waals surface area contributed by atoms with Crippen LogP contribution in [0.4, 0.5) is 5.69 Å². The molecule has 0 bridgehead atoms. The molecular weight excluding hydrogens is 326 g/mol. The van der Waals surface area contributed by atoms with Gasteiger partial charge in [0.1, 0.15) is 11.4 Å². The number of nitrogens with one attached hydrogen (secondary N) is 1. The minimum Gasteiger partial charge on any atom is -0.493 e. The van der Waals surface area contributed by atoms with Gasteiger partial charge in [0.05, 0.1) is 6.61 Å². The summed E-state index contributed by atoms with van der Waals surface area (Å²) in [4.78, 5) is 12.8. The summed E-state index contributed by atoms with van der Waals surface area (Å²) in [6.45, 7) is 8.86. The third-order valence-corrected chi connectivity index (χ3v) is 4.64. The molecule has 0 unspecified atom stereocenters. The summed E-state index contributed by atoms with van der Waals surface area (Å²) >= 11 is 0. The van der Waals surface area contributed by atoms with Crippen LogP contribution >= 0.6 is 0 Å². The van der Waals surface area contributed by atoms with Crippen LogP contribution in [-0.4, -0.2) is 25.2 Å². The van der Waals surface area contributed by atoms with Crippen molar-refractivity contribution < 1.29 is 14.3 Å². The minimum atomic E-state index is -0.829. The van der Waals surface area contributed by atoms with Crippen molar-refractivity contribution in [1.82, 2.24) is 0 Å². The number of amides is 1. The first-order valence-electron chi connectivity index (χ1n) is 9.42. The van der Waals surface area contributed by atoms with Crippen molar-refractivity contribution in [1.29, 1.82) is 0 Å². The largest absolute Gasteiger partial charge is 0.493 e. The van der Waals surface area contributed by atoms with E-state index in [0.717, 1.165) is 35.1 Å². The van der Waals surface area contributed by atoms with E-state index in [2.05, 4.69) is 26.1 Å². The molecule has 0 aliphatic heterocycles. The van der Waals surface area contributed by atoms with Gasteiger partial charge in [-0.05, 0) is 31.4 Å². The van der Waals surface area contributed by atoms with E-state index in [1.165, 1.54) is 0 Å². The van der Waals surface area contributed by atoms with Crippen LogP contribution < -0.4 is 10.1 Å². The lowest BCUT2D eigenvalue weighted by molar-refractivity contribution is -0.136. The third-order valence-electron chi connectivity index (χ3n) is 4.64. The number of anilines is 1. The van der Waals surface area contributed by atoms with Crippen LogP contribution in [0.2, 0.25) is 0 Å². The van der Waals surface area contributed by atoms with E-state index in [1.807, 2.05) is 43.3 Å². The number of benzene rings is 2. The minimum absolute atomic E-state index is 0.116. The van der Waals surface area contributed by atoms with Crippen molar-refractivity contribution in [3.63, 3.8) is 0 Å². The zero-order chi connectivity index (χ0) is 19.2. The molecule has 0 saturated carbocycles. The molecular formula is C22H31NO3. The highest BCUT2D eigenvalue weighted by Crippen LogP contribution is 2.33. The first-order chi connectivity index (χ1) is 12.4. The zero-order valence-electron chi connectivity index (χ0n) is 16.6. The normalized spacial score (nSPS) is 13.6. The van der Waals surface area contributed by atoms with Crippen molar-refractivity contribution in [2.24, 2.45) is 5.92 Å². The summed E-state index contributed by atoms with van der Waals surface area (Å²) in [5.74, 6) is 1.18. The molecule has 2 aromatic carbocycles. The van der Waals surface area contributed by atoms with Crippen LogP contribution in [0.3, 0.4) is 0 Å². The van der Waals surface area contributed by atoms with Gasteiger partial charge in [-0.3, -0.25) is 4.79 Å². The number of hydrogen-bond donors (Lipinski definition) is 1. The van der Waals surface area contributed by atoms with Gasteiger partial charge in [-0.25, -0.2) is 0 Å². The predicted molar refractivity (Wildman–Crippen MR) is 108 cm³/mol. The maximum Gasteiger partial charge on any atom is 0.256 e. The van der Waals surface area contributed by atoms with E-state index in [1.54, 1.807) is 7.11 Å². The molecule has 0 spiro atoms. The van der Waals surface area contributed by atoms with Crippen LogP contribution in [0.15, 0.2) is 36.4 Å². The van der Waals surface area contributed by atoms with E-state index in [0.29, 0.717) is 18.9 Å². The second-order valence-corrected chi connectivity index (χ2v) is 7.35. The van der Waals surface area contributed by atoms with Gasteiger partial charge in [-0.2, -0.15) is 0 Å². The fraction of sp³-hybridized carbons (Fsp3) is 0.500. The molecule has 0 aliphatic rings. The smallest absolute Gasteiger partial charge is 0.256 e. The van der Waals surface area contributed by atoms with Gasteiger partial charge in [0, 0.05) is 23.6 Å². The molecule has 4 heteroatoms. The second-order valence-electron chi connectivity index (χ2n) is 7.35. The predicted octanol–water partition coefficient (Wildman–Crippen LogP) is 5.41. The molecule has 0 heterocycles. The Bertz CT molecular complexity index is 741. The molecule has 1 atom stereocenters. The second kappa shape index (κ2) is 9.04. The first kappa shape index (κ1) is 20.2. The maximum atomic E-state index is 12.8. The SMILES string of the molecule is CCCC[C@@](C)(OC)C(=O)Nc1ccc(OCC(C)C)c2ccccc12. The Kier molecular flexibility index (Phi) is 7.04. The molecule has 2 rings (SSSR count). The lowest BCUT2D eigenvalue weighted by Gasteiger charge is -2.27. The molecule has 0 fully saturated rings. The van der Waals surface area contributed by atoms with E-state index in [9.17, 15) is 4.79 Å². The summed E-state index contributed by atoms with van der Waals surface area (Å²) in [6.07, 6.45) is 2.66. The molecule has 142 valence electrons. The Morgan fingerprint density at radius 3 is 2.46 bits per heavy atom. The first-order valence-corrected chi connectivity index (χ1v) is 9.42. The molecule has 4 nitrogen and oxygen atoms in total. The molecule has 1 amide bonds. The highest BCUT2D eigenvalue weighted by atomic mass is 16.5. The molecule has 0 radical (unpaired) electrons. The Hall–Kier alpha value is -2.07. The number of hydrogen-bond acceptors (Lipinski definition) is 3. The van der Waals surface area contributed by atoms with Crippen molar-refractivity contribution >= 4 is 22.4 Å². The van der Waals surface area contributed by atoms with Crippen LogP contribution in [0.1, 0.15) is 47.0 Å². The van der Waals surface area contributed by atoms with E-state index >= 15 is 0 Å². The molecule has 26 heavy (non-hydrogen) atoms. The number of rotatable bonds is 9. The average Bonchev–Trinajstić information content (AvgIpc) is 2.65. The topological polar surface area (TPSA) is 47.6 Å². The Morgan fingerprint density at radius 1 is 1.15 bits per heavy atom.